The number of nitrogens with two attached hydrogens (primary N) is 1. The SMILES string of the molecule is CN(CCc1ccc(N)cc1)CC(=O)N(C)C. The highest BCUT2D eigenvalue weighted by Gasteiger charge is 2.07. The molecule has 0 radical (unpaired) electrons. The number of nitrogen functional groups attached to an aromatic ring is 1. The molecule has 4 nitrogen and oxygen atoms in total. The number of rotatable bonds is 5. The molecule has 0 unspecified atom stereocenters. The number of anilines is 1. The molecule has 0 saturated carbocycles. The molecule has 0 atom stereocenters. The van der Waals surface area contributed by atoms with Crippen LogP contribution in [0.2, 0.25) is 0 Å². The molecule has 0 spiro atoms. The Balaban J connectivity index is 2.35. The average Bonchev–Trinajstić information content (AvgIpc) is 2.28. The fraction of sp³-hybridized carbons (Fsp3) is 0.462. The van der Waals surface area contributed by atoms with E-state index in [0.29, 0.717) is 6.54 Å². The van der Waals surface area contributed by atoms with E-state index >= 15 is 0 Å². The predicted molar refractivity (Wildman–Crippen MR) is 70.7 cm³/mol. The lowest BCUT2D eigenvalue weighted by Crippen LogP contribution is -2.35. The molecule has 0 fully saturated rings. The quantitative estimate of drug-likeness (QED) is 0.769. The van der Waals surface area contributed by atoms with E-state index in [0.717, 1.165) is 18.7 Å². The molecule has 0 aromatic heterocycles. The van der Waals surface area contributed by atoms with Gasteiger partial charge in [0.15, 0.2) is 0 Å². The summed E-state index contributed by atoms with van der Waals surface area (Å²) in [5.74, 6) is 0.129. The van der Waals surface area contributed by atoms with Crippen LogP contribution >= 0.6 is 0 Å². The van der Waals surface area contributed by atoms with Gasteiger partial charge in [-0.3, -0.25) is 9.69 Å². The summed E-state index contributed by atoms with van der Waals surface area (Å²) in [7, 11) is 5.50. The van der Waals surface area contributed by atoms with E-state index < -0.39 is 0 Å². The number of benzene rings is 1. The molecule has 0 saturated heterocycles. The summed E-state index contributed by atoms with van der Waals surface area (Å²) in [5, 5.41) is 0. The lowest BCUT2D eigenvalue weighted by atomic mass is 10.1. The number of carbonyl (C=O) groups is 1. The van der Waals surface area contributed by atoms with Gasteiger partial charge in [0.05, 0.1) is 6.54 Å². The third-order valence-electron chi connectivity index (χ3n) is 2.67. The van der Waals surface area contributed by atoms with Gasteiger partial charge in [0.25, 0.3) is 0 Å². The van der Waals surface area contributed by atoms with Gasteiger partial charge < -0.3 is 10.6 Å². The second kappa shape index (κ2) is 6.25. The number of nitrogens with zero attached hydrogens (tertiary/aromatic N) is 2. The Morgan fingerprint density at radius 3 is 2.29 bits per heavy atom. The fourth-order valence-corrected chi connectivity index (χ4v) is 1.46. The van der Waals surface area contributed by atoms with Gasteiger partial charge in [0.1, 0.15) is 0 Å². The van der Waals surface area contributed by atoms with E-state index in [-0.39, 0.29) is 5.91 Å². The first-order valence-electron chi connectivity index (χ1n) is 5.72. The van der Waals surface area contributed by atoms with E-state index in [4.69, 9.17) is 5.73 Å². The van der Waals surface area contributed by atoms with Gasteiger partial charge in [-0.05, 0) is 31.2 Å². The summed E-state index contributed by atoms with van der Waals surface area (Å²) in [6.07, 6.45) is 0.928. The van der Waals surface area contributed by atoms with Crippen molar-refractivity contribution in [3.63, 3.8) is 0 Å². The predicted octanol–water partition coefficient (Wildman–Crippen LogP) is 0.831. The summed E-state index contributed by atoms with van der Waals surface area (Å²) in [6, 6.07) is 7.86. The third kappa shape index (κ3) is 4.87. The lowest BCUT2D eigenvalue weighted by molar-refractivity contribution is -0.129. The third-order valence-corrected chi connectivity index (χ3v) is 2.67. The summed E-state index contributed by atoms with van der Waals surface area (Å²) >= 11 is 0. The van der Waals surface area contributed by atoms with Gasteiger partial charge in [0, 0.05) is 26.3 Å². The highest BCUT2D eigenvalue weighted by atomic mass is 16.2. The van der Waals surface area contributed by atoms with Crippen molar-refractivity contribution in [2.24, 2.45) is 0 Å². The first kappa shape index (κ1) is 13.5. The number of hydrogen-bond donors (Lipinski definition) is 1. The molecule has 94 valence electrons. The van der Waals surface area contributed by atoms with E-state index in [1.54, 1.807) is 19.0 Å². The molecule has 1 aromatic rings. The van der Waals surface area contributed by atoms with Crippen LogP contribution in [-0.4, -0.2) is 49.9 Å². The summed E-state index contributed by atoms with van der Waals surface area (Å²) in [4.78, 5) is 15.1. The van der Waals surface area contributed by atoms with Crippen LogP contribution in [0.5, 0.6) is 0 Å². The van der Waals surface area contributed by atoms with Crippen LogP contribution in [0.3, 0.4) is 0 Å². The lowest BCUT2D eigenvalue weighted by Gasteiger charge is -2.18. The molecule has 0 aliphatic carbocycles. The maximum atomic E-state index is 11.5. The molecule has 1 amide bonds. The van der Waals surface area contributed by atoms with E-state index in [2.05, 4.69) is 0 Å². The van der Waals surface area contributed by atoms with Crippen LogP contribution in [0.4, 0.5) is 5.69 Å². The van der Waals surface area contributed by atoms with Gasteiger partial charge in [0.2, 0.25) is 5.91 Å². The highest BCUT2D eigenvalue weighted by molar-refractivity contribution is 5.77. The van der Waals surface area contributed by atoms with Gasteiger partial charge in [-0.25, -0.2) is 0 Å². The minimum absolute atomic E-state index is 0.129. The Bertz CT molecular complexity index is 359. The molecule has 0 heterocycles. The highest BCUT2D eigenvalue weighted by Crippen LogP contribution is 2.06. The van der Waals surface area contributed by atoms with Crippen LogP contribution in [0.25, 0.3) is 0 Å². The number of amides is 1. The maximum absolute atomic E-state index is 11.5. The zero-order valence-corrected chi connectivity index (χ0v) is 10.8. The maximum Gasteiger partial charge on any atom is 0.236 e. The standard InChI is InChI=1S/C13H21N3O/c1-15(2)13(17)10-16(3)9-8-11-4-6-12(14)7-5-11/h4-7H,8-10,14H2,1-3H3. The van der Waals surface area contributed by atoms with Crippen molar-refractivity contribution in [1.82, 2.24) is 9.80 Å². The Hall–Kier alpha value is -1.55. The summed E-state index contributed by atoms with van der Waals surface area (Å²) in [6.45, 7) is 1.32. The van der Waals surface area contributed by atoms with Crippen molar-refractivity contribution in [3.05, 3.63) is 29.8 Å². The van der Waals surface area contributed by atoms with Crippen molar-refractivity contribution in [2.75, 3.05) is 40.0 Å². The second-order valence-electron chi connectivity index (χ2n) is 4.52. The summed E-state index contributed by atoms with van der Waals surface area (Å²) < 4.78 is 0. The number of likely N-dealkylation sites (N-methyl/N-ethyl adjacent to an activating group) is 2. The molecule has 0 aliphatic heterocycles. The smallest absolute Gasteiger partial charge is 0.236 e. The van der Waals surface area contributed by atoms with Crippen molar-refractivity contribution >= 4 is 11.6 Å². The van der Waals surface area contributed by atoms with Crippen molar-refractivity contribution in [3.8, 4) is 0 Å². The fourth-order valence-electron chi connectivity index (χ4n) is 1.46. The summed E-state index contributed by atoms with van der Waals surface area (Å²) in [5.41, 5.74) is 7.64. The molecule has 0 bridgehead atoms. The number of carbonyl (C=O) groups excluding carboxylic acids is 1. The molecule has 2 N–H and O–H groups in total. The molecule has 1 rings (SSSR count). The largest absolute Gasteiger partial charge is 0.399 e. The zero-order chi connectivity index (χ0) is 12.8. The average molecular weight is 235 g/mol. The van der Waals surface area contributed by atoms with Crippen molar-refractivity contribution in [1.29, 1.82) is 0 Å². The van der Waals surface area contributed by atoms with E-state index in [1.807, 2.05) is 36.2 Å². The zero-order valence-electron chi connectivity index (χ0n) is 10.8. The Morgan fingerprint density at radius 1 is 1.18 bits per heavy atom. The Morgan fingerprint density at radius 2 is 1.76 bits per heavy atom. The van der Waals surface area contributed by atoms with Crippen molar-refractivity contribution in [2.45, 2.75) is 6.42 Å². The van der Waals surface area contributed by atoms with E-state index in [9.17, 15) is 4.79 Å². The Kier molecular flexibility index (Phi) is 4.97. The molecule has 0 aliphatic rings. The number of hydrogen-bond acceptors (Lipinski definition) is 3. The first-order chi connectivity index (χ1) is 7.99. The van der Waals surface area contributed by atoms with E-state index in [1.165, 1.54) is 5.56 Å². The molecular formula is C13H21N3O. The van der Waals surface area contributed by atoms with Crippen LogP contribution in [-0.2, 0) is 11.2 Å². The van der Waals surface area contributed by atoms with Crippen molar-refractivity contribution < 1.29 is 4.79 Å². The monoisotopic (exact) mass is 235 g/mol. The molecule has 17 heavy (non-hydrogen) atoms. The minimum atomic E-state index is 0.129. The van der Waals surface area contributed by atoms with Gasteiger partial charge >= 0.3 is 0 Å². The molecule has 1 aromatic carbocycles. The second-order valence-corrected chi connectivity index (χ2v) is 4.52. The van der Waals surface area contributed by atoms with Gasteiger partial charge in [-0.15, -0.1) is 0 Å². The first-order valence-corrected chi connectivity index (χ1v) is 5.72. The van der Waals surface area contributed by atoms with Crippen LogP contribution in [0, 0.1) is 0 Å². The molecular weight excluding hydrogens is 214 g/mol. The minimum Gasteiger partial charge on any atom is -0.399 e. The van der Waals surface area contributed by atoms with Crippen LogP contribution < -0.4 is 5.73 Å². The van der Waals surface area contributed by atoms with Crippen LogP contribution in [0.1, 0.15) is 5.56 Å². The normalized spacial score (nSPS) is 10.6. The topological polar surface area (TPSA) is 49.6 Å². The van der Waals surface area contributed by atoms with Gasteiger partial charge in [-0.1, -0.05) is 12.1 Å². The molecule has 4 heteroatoms. The Labute approximate surface area is 103 Å². The van der Waals surface area contributed by atoms with Gasteiger partial charge in [-0.2, -0.15) is 0 Å². The van der Waals surface area contributed by atoms with Crippen LogP contribution in [0.15, 0.2) is 24.3 Å².